The second-order valence-electron chi connectivity index (χ2n) is 8.60. The monoisotopic (exact) mass is 520 g/mol. The minimum atomic E-state index is -0.704. The van der Waals surface area contributed by atoms with E-state index in [2.05, 4.69) is 4.90 Å². The highest BCUT2D eigenvalue weighted by molar-refractivity contribution is 7.14. The summed E-state index contributed by atoms with van der Waals surface area (Å²) >= 11 is 7.51. The highest BCUT2D eigenvalue weighted by Gasteiger charge is 2.26. The molecule has 0 radical (unpaired) electrons. The van der Waals surface area contributed by atoms with E-state index in [4.69, 9.17) is 26.1 Å². The Labute approximate surface area is 218 Å². The molecule has 184 valence electrons. The molecule has 4 aromatic rings. The van der Waals surface area contributed by atoms with E-state index in [-0.39, 0.29) is 5.92 Å². The van der Waals surface area contributed by atoms with Crippen LogP contribution in [0.1, 0.15) is 18.4 Å². The van der Waals surface area contributed by atoms with Crippen molar-refractivity contribution in [2.75, 3.05) is 18.0 Å². The number of nitrogens with zero attached hydrogens (tertiary/aromatic N) is 2. The molecule has 1 aromatic heterocycles. The Morgan fingerprint density at radius 2 is 1.67 bits per heavy atom. The normalized spacial score (nSPS) is 14.0. The molecule has 6 nitrogen and oxygen atoms in total. The SMILES string of the molecule is O=C(O)C1CCN(c2nc(-c3ccccc3OCc3ccc(Oc4ccc(Cl)cc4)cc3)cs2)CC1. The minimum Gasteiger partial charge on any atom is -0.488 e. The van der Waals surface area contributed by atoms with Gasteiger partial charge in [0.2, 0.25) is 0 Å². The zero-order chi connectivity index (χ0) is 24.9. The van der Waals surface area contributed by atoms with Gasteiger partial charge in [0.25, 0.3) is 0 Å². The van der Waals surface area contributed by atoms with E-state index >= 15 is 0 Å². The molecule has 1 N–H and O–H groups in total. The Hall–Kier alpha value is -3.55. The molecule has 0 unspecified atom stereocenters. The molecule has 3 aromatic carbocycles. The fraction of sp³-hybridized carbons (Fsp3) is 0.214. The number of carboxylic acids is 1. The summed E-state index contributed by atoms with van der Waals surface area (Å²) in [6.07, 6.45) is 1.29. The molecule has 8 heteroatoms. The minimum absolute atomic E-state index is 0.257. The summed E-state index contributed by atoms with van der Waals surface area (Å²) < 4.78 is 12.0. The van der Waals surface area contributed by atoms with Crippen molar-refractivity contribution in [3.63, 3.8) is 0 Å². The van der Waals surface area contributed by atoms with Crippen LogP contribution in [0.4, 0.5) is 5.13 Å². The van der Waals surface area contributed by atoms with Crippen LogP contribution >= 0.6 is 22.9 Å². The number of thiazole rings is 1. The van der Waals surface area contributed by atoms with Gasteiger partial charge in [0.1, 0.15) is 23.9 Å². The summed E-state index contributed by atoms with van der Waals surface area (Å²) in [6.45, 7) is 1.83. The maximum absolute atomic E-state index is 11.2. The van der Waals surface area contributed by atoms with Gasteiger partial charge in [-0.25, -0.2) is 4.98 Å². The van der Waals surface area contributed by atoms with Gasteiger partial charge in [0.05, 0.1) is 11.6 Å². The molecule has 5 rings (SSSR count). The van der Waals surface area contributed by atoms with Gasteiger partial charge in [-0.15, -0.1) is 11.3 Å². The summed E-state index contributed by atoms with van der Waals surface area (Å²) in [5, 5.41) is 12.9. The molecule has 0 aliphatic carbocycles. The maximum atomic E-state index is 11.2. The van der Waals surface area contributed by atoms with E-state index in [0.717, 1.165) is 39.2 Å². The predicted octanol–water partition coefficient (Wildman–Crippen LogP) is 7.14. The van der Waals surface area contributed by atoms with Gasteiger partial charge >= 0.3 is 5.97 Å². The molecule has 0 bridgehead atoms. The number of ether oxygens (including phenoxy) is 2. The van der Waals surface area contributed by atoms with Crippen LogP contribution in [0, 0.1) is 5.92 Å². The largest absolute Gasteiger partial charge is 0.488 e. The van der Waals surface area contributed by atoms with Gasteiger partial charge in [-0.05, 0) is 66.9 Å². The van der Waals surface area contributed by atoms with Gasteiger partial charge in [-0.1, -0.05) is 35.9 Å². The van der Waals surface area contributed by atoms with E-state index in [9.17, 15) is 9.90 Å². The van der Waals surface area contributed by atoms with Gasteiger partial charge in [-0.2, -0.15) is 0 Å². The van der Waals surface area contributed by atoms with Crippen LogP contribution in [0.15, 0.2) is 78.2 Å². The summed E-state index contributed by atoms with van der Waals surface area (Å²) in [5.41, 5.74) is 2.81. The molecule has 0 saturated carbocycles. The zero-order valence-electron chi connectivity index (χ0n) is 19.5. The molecular formula is C28H25ClN2O4S. The fourth-order valence-corrected chi connectivity index (χ4v) is 5.11. The van der Waals surface area contributed by atoms with Crippen molar-refractivity contribution in [3.8, 4) is 28.5 Å². The Morgan fingerprint density at radius 3 is 2.36 bits per heavy atom. The van der Waals surface area contributed by atoms with Crippen molar-refractivity contribution in [1.82, 2.24) is 4.98 Å². The molecule has 36 heavy (non-hydrogen) atoms. The first-order valence-corrected chi connectivity index (χ1v) is 13.0. The van der Waals surface area contributed by atoms with Crippen LogP contribution in [-0.2, 0) is 11.4 Å². The van der Waals surface area contributed by atoms with Crippen LogP contribution < -0.4 is 14.4 Å². The number of piperidine rings is 1. The quantitative estimate of drug-likeness (QED) is 0.266. The molecule has 1 aliphatic rings. The average molecular weight is 521 g/mol. The van der Waals surface area contributed by atoms with E-state index in [1.54, 1.807) is 23.5 Å². The van der Waals surface area contributed by atoms with Gasteiger partial charge in [0, 0.05) is 29.1 Å². The first-order valence-electron chi connectivity index (χ1n) is 11.7. The number of hydrogen-bond acceptors (Lipinski definition) is 6. The van der Waals surface area contributed by atoms with Crippen LogP contribution in [0.2, 0.25) is 5.02 Å². The lowest BCUT2D eigenvalue weighted by Crippen LogP contribution is -2.36. The third-order valence-electron chi connectivity index (χ3n) is 6.14. The number of halogens is 1. The van der Waals surface area contributed by atoms with Crippen LogP contribution in [0.3, 0.4) is 0 Å². The average Bonchev–Trinajstić information content (AvgIpc) is 3.40. The number of benzene rings is 3. The number of anilines is 1. The number of aromatic nitrogens is 1. The number of aliphatic carboxylic acids is 1. The zero-order valence-corrected chi connectivity index (χ0v) is 21.0. The molecule has 0 spiro atoms. The molecule has 1 saturated heterocycles. The van der Waals surface area contributed by atoms with Crippen molar-refractivity contribution >= 4 is 34.0 Å². The van der Waals surface area contributed by atoms with Crippen molar-refractivity contribution in [3.05, 3.63) is 88.8 Å². The number of rotatable bonds is 8. The van der Waals surface area contributed by atoms with E-state index < -0.39 is 5.97 Å². The molecule has 1 aliphatic heterocycles. The summed E-state index contributed by atoms with van der Waals surface area (Å²) in [6, 6.07) is 22.9. The third-order valence-corrected chi connectivity index (χ3v) is 7.29. The Kier molecular flexibility index (Phi) is 7.39. The second kappa shape index (κ2) is 11.0. The van der Waals surface area contributed by atoms with Crippen LogP contribution in [0.25, 0.3) is 11.3 Å². The summed E-state index contributed by atoms with van der Waals surface area (Å²) in [7, 11) is 0. The van der Waals surface area contributed by atoms with Gasteiger partial charge in [-0.3, -0.25) is 4.79 Å². The highest BCUT2D eigenvalue weighted by atomic mass is 35.5. The van der Waals surface area contributed by atoms with Crippen LogP contribution in [0.5, 0.6) is 17.2 Å². The fourth-order valence-electron chi connectivity index (χ4n) is 4.11. The molecular weight excluding hydrogens is 496 g/mol. The summed E-state index contributed by atoms with van der Waals surface area (Å²) in [4.78, 5) is 18.2. The number of carbonyl (C=O) groups is 1. The lowest BCUT2D eigenvalue weighted by Gasteiger charge is -2.29. The smallest absolute Gasteiger partial charge is 0.306 e. The predicted molar refractivity (Wildman–Crippen MR) is 142 cm³/mol. The standard InChI is InChI=1S/C28H25ClN2O4S/c29-21-7-11-23(12-8-21)35-22-9-5-19(6-10-22)17-34-26-4-2-1-3-24(26)25-18-36-28(30-25)31-15-13-20(14-16-31)27(32)33/h1-12,18,20H,13-17H2,(H,32,33). The molecule has 2 heterocycles. The highest BCUT2D eigenvalue weighted by Crippen LogP contribution is 2.35. The Balaban J connectivity index is 1.22. The molecule has 0 atom stereocenters. The van der Waals surface area contributed by atoms with Crippen molar-refractivity contribution in [1.29, 1.82) is 0 Å². The number of hydrogen-bond donors (Lipinski definition) is 1. The Morgan fingerprint density at radius 1 is 1.00 bits per heavy atom. The first-order chi connectivity index (χ1) is 17.5. The topological polar surface area (TPSA) is 71.9 Å². The van der Waals surface area contributed by atoms with E-state index in [0.29, 0.717) is 37.6 Å². The number of carboxylic acid groups (broad SMARTS) is 1. The lowest BCUT2D eigenvalue weighted by molar-refractivity contribution is -0.142. The number of para-hydroxylation sites is 1. The molecule has 1 fully saturated rings. The summed E-state index contributed by atoms with van der Waals surface area (Å²) in [5.74, 6) is 1.27. The first kappa shape index (κ1) is 24.2. The van der Waals surface area contributed by atoms with E-state index in [1.165, 1.54) is 0 Å². The third kappa shape index (κ3) is 5.80. The van der Waals surface area contributed by atoms with Crippen molar-refractivity contribution in [2.45, 2.75) is 19.4 Å². The molecule has 0 amide bonds. The van der Waals surface area contributed by atoms with Crippen molar-refractivity contribution in [2.24, 2.45) is 5.92 Å². The van der Waals surface area contributed by atoms with Gasteiger partial charge in [0.15, 0.2) is 5.13 Å². The van der Waals surface area contributed by atoms with Crippen LogP contribution in [-0.4, -0.2) is 29.1 Å². The van der Waals surface area contributed by atoms with E-state index in [1.807, 2.05) is 66.0 Å². The second-order valence-corrected chi connectivity index (χ2v) is 9.87. The lowest BCUT2D eigenvalue weighted by atomic mass is 9.97. The van der Waals surface area contributed by atoms with Crippen molar-refractivity contribution < 1.29 is 19.4 Å². The maximum Gasteiger partial charge on any atom is 0.306 e. The Bertz CT molecular complexity index is 1320. The van der Waals surface area contributed by atoms with Gasteiger partial charge < -0.3 is 19.5 Å².